The van der Waals surface area contributed by atoms with Gasteiger partial charge in [0.1, 0.15) is 5.82 Å². The van der Waals surface area contributed by atoms with Crippen LogP contribution in [0.3, 0.4) is 0 Å². The van der Waals surface area contributed by atoms with Gasteiger partial charge in [-0.1, -0.05) is 17.7 Å². The van der Waals surface area contributed by atoms with Gasteiger partial charge in [-0.25, -0.2) is 4.39 Å². The molecule has 0 spiro atoms. The second-order valence-corrected chi connectivity index (χ2v) is 3.87. The summed E-state index contributed by atoms with van der Waals surface area (Å²) in [6.45, 7) is 2.02. The minimum absolute atomic E-state index is 0.338. The van der Waals surface area contributed by atoms with Crippen molar-refractivity contribution in [3.8, 4) is 0 Å². The van der Waals surface area contributed by atoms with Gasteiger partial charge in [-0.15, -0.1) is 0 Å². The van der Waals surface area contributed by atoms with Crippen LogP contribution in [0.2, 0.25) is 0 Å². The molecule has 0 bridgehead atoms. The molecular weight excluding hydrogens is 215 g/mol. The smallest absolute Gasteiger partial charge is 0.125 e. The van der Waals surface area contributed by atoms with Crippen molar-refractivity contribution >= 4 is 17.6 Å². The van der Waals surface area contributed by atoms with Crippen LogP contribution in [0.5, 0.6) is 0 Å². The molecule has 3 heteroatoms. The summed E-state index contributed by atoms with van der Waals surface area (Å²) >= 11 is 0. The van der Waals surface area contributed by atoms with Gasteiger partial charge in [0.2, 0.25) is 0 Å². The number of nitrogen functional groups attached to an aromatic ring is 1. The standard InChI is InChI=1S/C14H13FN2/c1-10-2-6-13(7-3-10)17-9-11-4-5-12(15)8-14(11)16/h2-9H,16H2,1H3. The van der Waals surface area contributed by atoms with E-state index in [1.54, 1.807) is 12.3 Å². The van der Waals surface area contributed by atoms with Crippen LogP contribution in [0.15, 0.2) is 47.5 Å². The predicted molar refractivity (Wildman–Crippen MR) is 69.2 cm³/mol. The number of hydrogen-bond acceptors (Lipinski definition) is 2. The summed E-state index contributed by atoms with van der Waals surface area (Å²) in [7, 11) is 0. The number of benzene rings is 2. The fraction of sp³-hybridized carbons (Fsp3) is 0.0714. The lowest BCUT2D eigenvalue weighted by molar-refractivity contribution is 0.628. The normalized spacial score (nSPS) is 10.9. The Labute approximate surface area is 99.6 Å². The zero-order valence-corrected chi connectivity index (χ0v) is 9.52. The van der Waals surface area contributed by atoms with Crippen molar-refractivity contribution in [2.45, 2.75) is 6.92 Å². The van der Waals surface area contributed by atoms with Crippen LogP contribution in [-0.2, 0) is 0 Å². The summed E-state index contributed by atoms with van der Waals surface area (Å²) < 4.78 is 12.8. The molecule has 0 aliphatic heterocycles. The van der Waals surface area contributed by atoms with Crippen molar-refractivity contribution in [2.24, 2.45) is 4.99 Å². The lowest BCUT2D eigenvalue weighted by atomic mass is 10.2. The third kappa shape index (κ3) is 2.91. The molecule has 2 nitrogen and oxygen atoms in total. The Kier molecular flexibility index (Phi) is 3.19. The molecular formula is C14H13FN2. The van der Waals surface area contributed by atoms with Crippen molar-refractivity contribution in [2.75, 3.05) is 5.73 Å². The summed E-state index contributed by atoms with van der Waals surface area (Å²) in [5.74, 6) is -0.338. The molecule has 0 aliphatic carbocycles. The first-order valence-electron chi connectivity index (χ1n) is 5.31. The molecule has 0 unspecified atom stereocenters. The molecule has 0 radical (unpaired) electrons. The molecule has 2 aromatic carbocycles. The Morgan fingerprint density at radius 3 is 2.47 bits per heavy atom. The van der Waals surface area contributed by atoms with E-state index in [1.807, 2.05) is 31.2 Å². The predicted octanol–water partition coefficient (Wildman–Crippen LogP) is 3.47. The van der Waals surface area contributed by atoms with Crippen molar-refractivity contribution in [1.29, 1.82) is 0 Å². The zero-order chi connectivity index (χ0) is 12.3. The monoisotopic (exact) mass is 228 g/mol. The molecule has 2 rings (SSSR count). The third-order valence-corrected chi connectivity index (χ3v) is 2.44. The Balaban J connectivity index is 2.23. The van der Waals surface area contributed by atoms with Crippen LogP contribution in [0, 0.1) is 12.7 Å². The molecule has 0 saturated carbocycles. The minimum Gasteiger partial charge on any atom is -0.398 e. The molecule has 17 heavy (non-hydrogen) atoms. The van der Waals surface area contributed by atoms with Gasteiger partial charge in [0.15, 0.2) is 0 Å². The van der Waals surface area contributed by atoms with Crippen LogP contribution in [-0.4, -0.2) is 6.21 Å². The average Bonchev–Trinajstić information content (AvgIpc) is 2.30. The maximum absolute atomic E-state index is 12.8. The van der Waals surface area contributed by atoms with Gasteiger partial charge in [-0.2, -0.15) is 0 Å². The molecule has 0 aromatic heterocycles. The number of hydrogen-bond donors (Lipinski definition) is 1. The van der Waals surface area contributed by atoms with Crippen LogP contribution >= 0.6 is 0 Å². The zero-order valence-electron chi connectivity index (χ0n) is 9.52. The van der Waals surface area contributed by atoms with Crippen molar-refractivity contribution < 1.29 is 4.39 Å². The molecule has 2 aromatic rings. The van der Waals surface area contributed by atoms with Gasteiger partial charge in [-0.3, -0.25) is 4.99 Å². The van der Waals surface area contributed by atoms with Crippen LogP contribution < -0.4 is 5.73 Å². The van der Waals surface area contributed by atoms with E-state index in [0.29, 0.717) is 11.3 Å². The van der Waals surface area contributed by atoms with Crippen LogP contribution in [0.1, 0.15) is 11.1 Å². The SMILES string of the molecule is Cc1ccc(N=Cc2ccc(F)cc2N)cc1. The summed E-state index contributed by atoms with van der Waals surface area (Å²) in [5, 5.41) is 0. The van der Waals surface area contributed by atoms with Crippen LogP contribution in [0.4, 0.5) is 15.8 Å². The molecule has 0 aliphatic rings. The number of rotatable bonds is 2. The van der Waals surface area contributed by atoms with E-state index in [1.165, 1.54) is 17.7 Å². The van der Waals surface area contributed by atoms with E-state index in [4.69, 9.17) is 5.73 Å². The topological polar surface area (TPSA) is 38.4 Å². The first-order chi connectivity index (χ1) is 8.15. The van der Waals surface area contributed by atoms with E-state index in [9.17, 15) is 4.39 Å². The molecule has 0 saturated heterocycles. The summed E-state index contributed by atoms with van der Waals surface area (Å²) in [6, 6.07) is 12.1. The quantitative estimate of drug-likeness (QED) is 0.620. The highest BCUT2D eigenvalue weighted by atomic mass is 19.1. The summed E-state index contributed by atoms with van der Waals surface area (Å²) in [4.78, 5) is 4.28. The number of nitrogens with zero attached hydrogens (tertiary/aromatic N) is 1. The summed E-state index contributed by atoms with van der Waals surface area (Å²) in [5.41, 5.74) is 8.81. The highest BCUT2D eigenvalue weighted by Gasteiger charge is 1.97. The Morgan fingerprint density at radius 2 is 1.82 bits per heavy atom. The third-order valence-electron chi connectivity index (χ3n) is 2.44. The molecule has 0 amide bonds. The van der Waals surface area contributed by atoms with Gasteiger partial charge in [0.25, 0.3) is 0 Å². The minimum atomic E-state index is -0.338. The largest absolute Gasteiger partial charge is 0.398 e. The number of aryl methyl sites for hydroxylation is 1. The second kappa shape index (κ2) is 4.78. The maximum atomic E-state index is 12.8. The van der Waals surface area contributed by atoms with E-state index < -0.39 is 0 Å². The van der Waals surface area contributed by atoms with E-state index in [2.05, 4.69) is 4.99 Å². The Bertz CT molecular complexity index is 545. The van der Waals surface area contributed by atoms with Gasteiger partial charge >= 0.3 is 0 Å². The lowest BCUT2D eigenvalue weighted by Gasteiger charge is -1.99. The van der Waals surface area contributed by atoms with E-state index in [-0.39, 0.29) is 5.82 Å². The number of aliphatic imine (C=N–C) groups is 1. The van der Waals surface area contributed by atoms with Crippen molar-refractivity contribution in [3.63, 3.8) is 0 Å². The molecule has 0 atom stereocenters. The fourth-order valence-electron chi connectivity index (χ4n) is 1.44. The molecule has 0 heterocycles. The second-order valence-electron chi connectivity index (χ2n) is 3.87. The lowest BCUT2D eigenvalue weighted by Crippen LogP contribution is -1.93. The molecule has 2 N–H and O–H groups in total. The fourth-order valence-corrected chi connectivity index (χ4v) is 1.44. The van der Waals surface area contributed by atoms with Crippen molar-refractivity contribution in [1.82, 2.24) is 0 Å². The van der Waals surface area contributed by atoms with Gasteiger partial charge < -0.3 is 5.73 Å². The van der Waals surface area contributed by atoms with E-state index >= 15 is 0 Å². The Hall–Kier alpha value is -2.16. The van der Waals surface area contributed by atoms with Gasteiger partial charge in [0, 0.05) is 17.5 Å². The maximum Gasteiger partial charge on any atom is 0.125 e. The summed E-state index contributed by atoms with van der Waals surface area (Å²) in [6.07, 6.45) is 1.64. The van der Waals surface area contributed by atoms with Gasteiger partial charge in [0.05, 0.1) is 5.69 Å². The molecule has 86 valence electrons. The first-order valence-corrected chi connectivity index (χ1v) is 5.31. The molecule has 0 fully saturated rings. The van der Waals surface area contributed by atoms with Crippen molar-refractivity contribution in [3.05, 3.63) is 59.4 Å². The Morgan fingerprint density at radius 1 is 1.12 bits per heavy atom. The van der Waals surface area contributed by atoms with Crippen LogP contribution in [0.25, 0.3) is 0 Å². The number of anilines is 1. The highest BCUT2D eigenvalue weighted by Crippen LogP contribution is 2.15. The number of halogens is 1. The van der Waals surface area contributed by atoms with E-state index in [0.717, 1.165) is 5.69 Å². The van der Waals surface area contributed by atoms with Gasteiger partial charge in [-0.05, 0) is 37.3 Å². The highest BCUT2D eigenvalue weighted by molar-refractivity contribution is 5.88. The number of nitrogens with two attached hydrogens (primary N) is 1. The average molecular weight is 228 g/mol. The first kappa shape index (κ1) is 11.3.